The zero-order valence-corrected chi connectivity index (χ0v) is 10.8. The highest BCUT2D eigenvalue weighted by molar-refractivity contribution is 7.90. The van der Waals surface area contributed by atoms with Gasteiger partial charge in [-0.05, 0) is 29.1 Å². The smallest absolute Gasteiger partial charge is 0.206 e. The first-order valence-electron chi connectivity index (χ1n) is 5.23. The van der Waals surface area contributed by atoms with E-state index in [1.807, 2.05) is 0 Å². The van der Waals surface area contributed by atoms with Crippen LogP contribution in [-0.2, 0) is 15.6 Å². The van der Waals surface area contributed by atoms with Gasteiger partial charge in [0.25, 0.3) is 0 Å². The first-order chi connectivity index (χ1) is 8.50. The number of nitrogen functional groups attached to an aromatic ring is 1. The molecule has 0 atom stereocenters. The van der Waals surface area contributed by atoms with Crippen LogP contribution in [0.2, 0.25) is 0 Å². The van der Waals surface area contributed by atoms with E-state index in [0.29, 0.717) is 10.4 Å². The molecule has 0 unspecified atom stereocenters. The predicted octanol–water partition coefficient (Wildman–Crippen LogP) is 1.85. The molecule has 0 spiro atoms. The Balaban J connectivity index is 2.44. The van der Waals surface area contributed by atoms with Crippen molar-refractivity contribution in [3.05, 3.63) is 45.6 Å². The van der Waals surface area contributed by atoms with E-state index in [2.05, 4.69) is 0 Å². The summed E-state index contributed by atoms with van der Waals surface area (Å²) in [6.07, 6.45) is 0. The number of benzene rings is 1. The van der Waals surface area contributed by atoms with Crippen LogP contribution in [0.15, 0.2) is 34.5 Å². The third kappa shape index (κ3) is 1.49. The number of anilines is 1. The number of carbonyl (C=O) groups is 1. The lowest BCUT2D eigenvalue weighted by molar-refractivity contribution is 0.104. The molecule has 1 aliphatic rings. The van der Waals surface area contributed by atoms with Crippen molar-refractivity contribution in [1.82, 2.24) is 0 Å². The van der Waals surface area contributed by atoms with Crippen LogP contribution in [0.25, 0.3) is 0 Å². The molecule has 1 aliphatic heterocycles. The molecule has 18 heavy (non-hydrogen) atoms. The fourth-order valence-corrected chi connectivity index (χ4v) is 4.67. The molecule has 92 valence electrons. The van der Waals surface area contributed by atoms with Crippen molar-refractivity contribution in [2.45, 2.75) is 10.6 Å². The average molecular weight is 279 g/mol. The van der Waals surface area contributed by atoms with Crippen molar-refractivity contribution in [1.29, 1.82) is 0 Å². The van der Waals surface area contributed by atoms with Crippen LogP contribution < -0.4 is 5.73 Å². The number of nitrogens with two attached hydrogens (primary N) is 1. The minimum absolute atomic E-state index is 0.0379. The third-order valence-corrected chi connectivity index (χ3v) is 5.58. The molecular formula is C12H9NO3S2. The summed E-state index contributed by atoms with van der Waals surface area (Å²) in [6.45, 7) is 0. The SMILES string of the molecule is Nc1cccc2c1C(=O)c1sccc1CS2(=O)=O. The van der Waals surface area contributed by atoms with Crippen LogP contribution >= 0.6 is 11.3 Å². The molecule has 0 bridgehead atoms. The van der Waals surface area contributed by atoms with Crippen molar-refractivity contribution in [2.75, 3.05) is 5.73 Å². The van der Waals surface area contributed by atoms with Crippen molar-refractivity contribution < 1.29 is 13.2 Å². The monoisotopic (exact) mass is 279 g/mol. The Labute approximate surface area is 108 Å². The van der Waals surface area contributed by atoms with Gasteiger partial charge in [0.1, 0.15) is 0 Å². The van der Waals surface area contributed by atoms with Crippen LogP contribution in [-0.4, -0.2) is 14.2 Å². The summed E-state index contributed by atoms with van der Waals surface area (Å²) in [7, 11) is -3.51. The minimum Gasteiger partial charge on any atom is -0.398 e. The van der Waals surface area contributed by atoms with Crippen molar-refractivity contribution >= 4 is 32.6 Å². The molecule has 4 nitrogen and oxygen atoms in total. The lowest BCUT2D eigenvalue weighted by atomic mass is 10.1. The summed E-state index contributed by atoms with van der Waals surface area (Å²) < 4.78 is 24.5. The van der Waals surface area contributed by atoms with E-state index >= 15 is 0 Å². The molecule has 0 saturated heterocycles. The minimum atomic E-state index is -3.51. The summed E-state index contributed by atoms with van der Waals surface area (Å²) in [5, 5.41) is 1.72. The Morgan fingerprint density at radius 3 is 2.78 bits per heavy atom. The Bertz CT molecular complexity index is 759. The molecular weight excluding hydrogens is 270 g/mol. The molecule has 0 amide bonds. The van der Waals surface area contributed by atoms with E-state index in [4.69, 9.17) is 5.73 Å². The van der Waals surface area contributed by atoms with E-state index in [9.17, 15) is 13.2 Å². The van der Waals surface area contributed by atoms with Gasteiger partial charge in [0.2, 0.25) is 5.78 Å². The van der Waals surface area contributed by atoms with Crippen molar-refractivity contribution in [2.24, 2.45) is 0 Å². The fourth-order valence-electron chi connectivity index (χ4n) is 2.09. The second-order valence-corrected chi connectivity index (χ2v) is 6.96. The van der Waals surface area contributed by atoms with E-state index < -0.39 is 9.84 Å². The van der Waals surface area contributed by atoms with E-state index in [0.717, 1.165) is 0 Å². The van der Waals surface area contributed by atoms with Gasteiger partial charge in [-0.1, -0.05) is 6.07 Å². The highest BCUT2D eigenvalue weighted by Gasteiger charge is 2.32. The fraction of sp³-hybridized carbons (Fsp3) is 0.0833. The van der Waals surface area contributed by atoms with E-state index in [-0.39, 0.29) is 27.7 Å². The molecule has 6 heteroatoms. The van der Waals surface area contributed by atoms with Gasteiger partial charge in [0.05, 0.1) is 21.1 Å². The Kier molecular flexibility index (Phi) is 2.33. The Morgan fingerprint density at radius 1 is 1.22 bits per heavy atom. The second-order valence-electron chi connectivity index (χ2n) is 4.08. The number of thiophene rings is 1. The quantitative estimate of drug-likeness (QED) is 0.747. The van der Waals surface area contributed by atoms with Crippen LogP contribution in [0.4, 0.5) is 5.69 Å². The Hall–Kier alpha value is -1.66. The standard InChI is InChI=1S/C12H9NO3S2/c13-8-2-1-3-9-10(8)11(14)12-7(4-5-17-12)6-18(9,15)16/h1-5H,6,13H2. The first-order valence-corrected chi connectivity index (χ1v) is 7.76. The van der Waals surface area contributed by atoms with E-state index in [1.54, 1.807) is 23.6 Å². The van der Waals surface area contributed by atoms with Gasteiger partial charge < -0.3 is 5.73 Å². The summed E-state index contributed by atoms with van der Waals surface area (Å²) in [4.78, 5) is 12.9. The molecule has 1 aromatic carbocycles. The molecule has 0 radical (unpaired) electrons. The molecule has 0 saturated carbocycles. The molecule has 1 aromatic heterocycles. The maximum Gasteiger partial charge on any atom is 0.206 e. The highest BCUT2D eigenvalue weighted by atomic mass is 32.2. The maximum atomic E-state index is 12.4. The summed E-state index contributed by atoms with van der Waals surface area (Å²) in [5.41, 5.74) is 6.64. The first kappa shape index (κ1) is 11.4. The van der Waals surface area contributed by atoms with Crippen molar-refractivity contribution in [3.8, 4) is 0 Å². The van der Waals surface area contributed by atoms with Gasteiger partial charge in [-0.15, -0.1) is 11.3 Å². The largest absolute Gasteiger partial charge is 0.398 e. The molecule has 2 N–H and O–H groups in total. The number of ketones is 1. The predicted molar refractivity (Wildman–Crippen MR) is 69.5 cm³/mol. The number of rotatable bonds is 0. The summed E-state index contributed by atoms with van der Waals surface area (Å²) >= 11 is 1.25. The summed E-state index contributed by atoms with van der Waals surface area (Å²) in [6, 6.07) is 6.22. The normalized spacial score (nSPS) is 16.8. The molecule has 0 fully saturated rings. The molecule has 3 rings (SSSR count). The third-order valence-electron chi connectivity index (χ3n) is 2.92. The van der Waals surface area contributed by atoms with Crippen LogP contribution in [0, 0.1) is 0 Å². The van der Waals surface area contributed by atoms with Gasteiger partial charge in [-0.25, -0.2) is 8.42 Å². The lowest BCUT2D eigenvalue weighted by Gasteiger charge is -2.07. The van der Waals surface area contributed by atoms with E-state index in [1.165, 1.54) is 17.4 Å². The summed E-state index contributed by atoms with van der Waals surface area (Å²) in [5.74, 6) is -0.442. The zero-order valence-electron chi connectivity index (χ0n) is 9.21. The van der Waals surface area contributed by atoms with Crippen molar-refractivity contribution in [3.63, 3.8) is 0 Å². The van der Waals surface area contributed by atoms with Gasteiger partial charge in [-0.3, -0.25) is 4.79 Å². The van der Waals surface area contributed by atoms with Crippen LogP contribution in [0.3, 0.4) is 0 Å². The number of hydrogen-bond acceptors (Lipinski definition) is 5. The zero-order chi connectivity index (χ0) is 12.9. The van der Waals surface area contributed by atoms with Crippen LogP contribution in [0.5, 0.6) is 0 Å². The lowest BCUT2D eigenvalue weighted by Crippen LogP contribution is -2.09. The average Bonchev–Trinajstić information content (AvgIpc) is 2.72. The highest BCUT2D eigenvalue weighted by Crippen LogP contribution is 2.34. The van der Waals surface area contributed by atoms with Gasteiger partial charge in [-0.2, -0.15) is 0 Å². The number of sulfone groups is 1. The van der Waals surface area contributed by atoms with Gasteiger partial charge in [0, 0.05) is 5.69 Å². The topological polar surface area (TPSA) is 77.2 Å². The second kappa shape index (κ2) is 3.66. The maximum absolute atomic E-state index is 12.4. The Morgan fingerprint density at radius 2 is 2.00 bits per heavy atom. The van der Waals surface area contributed by atoms with Crippen LogP contribution in [0.1, 0.15) is 20.8 Å². The number of carbonyl (C=O) groups excluding carboxylic acids is 1. The number of hydrogen-bond donors (Lipinski definition) is 1. The molecule has 2 heterocycles. The number of fused-ring (bicyclic) bond motifs is 2. The van der Waals surface area contributed by atoms with Gasteiger partial charge in [0.15, 0.2) is 9.84 Å². The molecule has 2 aromatic rings. The van der Waals surface area contributed by atoms with Gasteiger partial charge >= 0.3 is 0 Å². The molecule has 0 aliphatic carbocycles.